The Kier molecular flexibility index (Phi) is 7.45. The molecule has 0 saturated carbocycles. The second-order valence-electron chi connectivity index (χ2n) is 6.73. The van der Waals surface area contributed by atoms with Crippen molar-refractivity contribution in [3.8, 4) is 5.75 Å². The van der Waals surface area contributed by atoms with Gasteiger partial charge in [-0.25, -0.2) is 8.42 Å². The van der Waals surface area contributed by atoms with Gasteiger partial charge < -0.3 is 10.1 Å². The zero-order valence-electron chi connectivity index (χ0n) is 16.8. The van der Waals surface area contributed by atoms with Gasteiger partial charge in [0.1, 0.15) is 18.4 Å². The molecule has 0 aromatic heterocycles. The van der Waals surface area contributed by atoms with Crippen LogP contribution in [0.15, 0.2) is 48.5 Å². The van der Waals surface area contributed by atoms with Crippen molar-refractivity contribution in [1.82, 2.24) is 5.32 Å². The second-order valence-corrected chi connectivity index (χ2v) is 8.59. The maximum absolute atomic E-state index is 12.7. The van der Waals surface area contributed by atoms with E-state index in [-0.39, 0.29) is 12.5 Å². The number of hydrogen-bond acceptors (Lipinski definition) is 4. The first-order valence-corrected chi connectivity index (χ1v) is 11.1. The highest BCUT2D eigenvalue weighted by atomic mass is 32.2. The molecule has 1 atom stereocenters. The molecule has 7 heteroatoms. The molecule has 0 spiro atoms. The monoisotopic (exact) mass is 404 g/mol. The van der Waals surface area contributed by atoms with Crippen LogP contribution in [-0.4, -0.2) is 39.8 Å². The first-order chi connectivity index (χ1) is 13.2. The van der Waals surface area contributed by atoms with E-state index in [1.54, 1.807) is 37.3 Å². The number of anilines is 1. The number of nitrogens with one attached hydrogen (secondary N) is 1. The number of rotatable bonds is 9. The van der Waals surface area contributed by atoms with Crippen molar-refractivity contribution in [3.05, 3.63) is 59.7 Å². The van der Waals surface area contributed by atoms with E-state index in [9.17, 15) is 13.2 Å². The lowest BCUT2D eigenvalue weighted by molar-refractivity contribution is -0.122. The molecule has 0 aliphatic heterocycles. The van der Waals surface area contributed by atoms with Crippen molar-refractivity contribution in [2.45, 2.75) is 33.2 Å². The highest BCUT2D eigenvalue weighted by Gasteiger charge is 2.31. The van der Waals surface area contributed by atoms with Crippen molar-refractivity contribution in [1.29, 1.82) is 0 Å². The summed E-state index contributed by atoms with van der Waals surface area (Å²) in [5.74, 6) is 0.435. The molecule has 0 saturated heterocycles. The molecule has 0 bridgehead atoms. The zero-order chi connectivity index (χ0) is 20.7. The van der Waals surface area contributed by atoms with Gasteiger partial charge in [-0.15, -0.1) is 0 Å². The van der Waals surface area contributed by atoms with Crippen LogP contribution in [0, 0.1) is 13.8 Å². The minimum Gasteiger partial charge on any atom is -0.491 e. The quantitative estimate of drug-likeness (QED) is 0.652. The number of sulfonamides is 1. The summed E-state index contributed by atoms with van der Waals surface area (Å²) in [6.45, 7) is 6.33. The first-order valence-electron chi connectivity index (χ1n) is 9.26. The Hall–Kier alpha value is -2.54. The maximum atomic E-state index is 12.7. The van der Waals surface area contributed by atoms with Crippen LogP contribution in [0.3, 0.4) is 0 Å². The second kappa shape index (κ2) is 9.59. The molecular formula is C21H28N2O4S. The van der Waals surface area contributed by atoms with E-state index >= 15 is 0 Å². The van der Waals surface area contributed by atoms with Crippen LogP contribution >= 0.6 is 0 Å². The summed E-state index contributed by atoms with van der Waals surface area (Å²) in [5.41, 5.74) is 2.59. The van der Waals surface area contributed by atoms with Crippen molar-refractivity contribution < 1.29 is 17.9 Å². The van der Waals surface area contributed by atoms with Crippen LogP contribution < -0.4 is 14.4 Å². The van der Waals surface area contributed by atoms with Gasteiger partial charge in [-0.1, -0.05) is 37.3 Å². The Morgan fingerprint density at radius 1 is 1.14 bits per heavy atom. The molecular weight excluding hydrogens is 376 g/mol. The van der Waals surface area contributed by atoms with Gasteiger partial charge in [-0.3, -0.25) is 9.10 Å². The normalized spacial score (nSPS) is 12.3. The van der Waals surface area contributed by atoms with E-state index in [2.05, 4.69) is 5.32 Å². The van der Waals surface area contributed by atoms with Gasteiger partial charge in [-0.05, 0) is 49.6 Å². The van der Waals surface area contributed by atoms with Crippen molar-refractivity contribution >= 4 is 21.6 Å². The summed E-state index contributed by atoms with van der Waals surface area (Å²) in [6, 6.07) is 13.8. The molecule has 0 radical (unpaired) electrons. The van der Waals surface area contributed by atoms with Crippen molar-refractivity contribution in [2.75, 3.05) is 23.7 Å². The summed E-state index contributed by atoms with van der Waals surface area (Å²) >= 11 is 0. The number of carbonyl (C=O) groups excluding carboxylic acids is 1. The van der Waals surface area contributed by atoms with Crippen molar-refractivity contribution in [3.63, 3.8) is 0 Å². The Morgan fingerprint density at radius 3 is 2.43 bits per heavy atom. The summed E-state index contributed by atoms with van der Waals surface area (Å²) < 4.78 is 31.6. The molecule has 1 amide bonds. The minimum absolute atomic E-state index is 0.287. The van der Waals surface area contributed by atoms with E-state index in [0.717, 1.165) is 23.1 Å². The average molecular weight is 405 g/mol. The molecule has 6 nitrogen and oxygen atoms in total. The number of benzene rings is 2. The summed E-state index contributed by atoms with van der Waals surface area (Å²) in [5, 5.41) is 2.79. The maximum Gasteiger partial charge on any atom is 0.244 e. The molecule has 1 N–H and O–H groups in total. The largest absolute Gasteiger partial charge is 0.491 e. The summed E-state index contributed by atoms with van der Waals surface area (Å²) in [7, 11) is -3.62. The van der Waals surface area contributed by atoms with Gasteiger partial charge >= 0.3 is 0 Å². The fourth-order valence-corrected chi connectivity index (χ4v) is 4.16. The lowest BCUT2D eigenvalue weighted by Crippen LogP contribution is -2.49. The van der Waals surface area contributed by atoms with E-state index in [0.29, 0.717) is 18.7 Å². The fourth-order valence-electron chi connectivity index (χ4n) is 2.95. The number of amides is 1. The van der Waals surface area contributed by atoms with Gasteiger partial charge in [0, 0.05) is 0 Å². The topological polar surface area (TPSA) is 75.7 Å². The molecule has 28 heavy (non-hydrogen) atoms. The lowest BCUT2D eigenvalue weighted by atomic mass is 10.1. The van der Waals surface area contributed by atoms with Crippen LogP contribution in [0.1, 0.15) is 24.5 Å². The Morgan fingerprint density at radius 2 is 1.82 bits per heavy atom. The number of para-hydroxylation sites is 1. The highest BCUT2D eigenvalue weighted by Crippen LogP contribution is 2.22. The SMILES string of the molecule is CCC(C(=O)NCCOc1cc(C)ccc1C)N(c1ccccc1)S(C)(=O)=O. The third-order valence-corrected chi connectivity index (χ3v) is 5.52. The zero-order valence-corrected chi connectivity index (χ0v) is 17.6. The number of carbonyl (C=O) groups is 1. The molecule has 2 aromatic rings. The summed E-state index contributed by atoms with van der Waals surface area (Å²) in [4.78, 5) is 12.7. The van der Waals surface area contributed by atoms with Gasteiger partial charge in [0.25, 0.3) is 0 Å². The summed E-state index contributed by atoms with van der Waals surface area (Å²) in [6.07, 6.45) is 1.46. The third kappa shape index (κ3) is 5.73. The predicted molar refractivity (Wildman–Crippen MR) is 112 cm³/mol. The molecule has 0 fully saturated rings. The van der Waals surface area contributed by atoms with Crippen LogP contribution in [0.4, 0.5) is 5.69 Å². The predicted octanol–water partition coefficient (Wildman–Crippen LogP) is 3.04. The highest BCUT2D eigenvalue weighted by molar-refractivity contribution is 7.92. The lowest BCUT2D eigenvalue weighted by Gasteiger charge is -2.30. The van der Waals surface area contributed by atoms with Gasteiger partial charge in [0.15, 0.2) is 0 Å². The van der Waals surface area contributed by atoms with Crippen LogP contribution in [-0.2, 0) is 14.8 Å². The first kappa shape index (κ1) is 21.8. The average Bonchev–Trinajstić information content (AvgIpc) is 2.65. The minimum atomic E-state index is -3.62. The number of aryl methyl sites for hydroxylation is 2. The van der Waals surface area contributed by atoms with Gasteiger partial charge in [-0.2, -0.15) is 0 Å². The molecule has 0 aliphatic carbocycles. The smallest absolute Gasteiger partial charge is 0.244 e. The molecule has 152 valence electrons. The number of nitrogens with zero attached hydrogens (tertiary/aromatic N) is 1. The van der Waals surface area contributed by atoms with Gasteiger partial charge in [0.2, 0.25) is 15.9 Å². The standard InChI is InChI=1S/C21H28N2O4S/c1-5-19(23(28(4,25)26)18-9-7-6-8-10-18)21(24)22-13-14-27-20-15-16(2)11-12-17(20)3/h6-12,15,19H,5,13-14H2,1-4H3,(H,22,24). The van der Waals surface area contributed by atoms with Crippen LogP contribution in [0.2, 0.25) is 0 Å². The Bertz CT molecular complexity index is 898. The molecule has 0 heterocycles. The van der Waals surface area contributed by atoms with Gasteiger partial charge in [0.05, 0.1) is 18.5 Å². The Balaban J connectivity index is 2.02. The van der Waals surface area contributed by atoms with Crippen LogP contribution in [0.5, 0.6) is 5.75 Å². The molecule has 2 aromatic carbocycles. The van der Waals surface area contributed by atoms with Crippen molar-refractivity contribution in [2.24, 2.45) is 0 Å². The number of hydrogen-bond donors (Lipinski definition) is 1. The fraction of sp³-hybridized carbons (Fsp3) is 0.381. The van der Waals surface area contributed by atoms with E-state index < -0.39 is 16.1 Å². The molecule has 0 aliphatic rings. The molecule has 1 unspecified atom stereocenters. The number of ether oxygens (including phenoxy) is 1. The molecule has 2 rings (SSSR count). The van der Waals surface area contributed by atoms with Crippen LogP contribution in [0.25, 0.3) is 0 Å². The van der Waals surface area contributed by atoms with E-state index in [4.69, 9.17) is 4.74 Å². The Labute approximate surface area is 167 Å². The third-order valence-electron chi connectivity index (χ3n) is 4.34. The van der Waals surface area contributed by atoms with E-state index in [1.807, 2.05) is 32.0 Å². The van der Waals surface area contributed by atoms with E-state index in [1.165, 1.54) is 4.31 Å².